The minimum Gasteiger partial charge on any atom is -0.362 e. The molecule has 154 valence electrons. The highest BCUT2D eigenvalue weighted by molar-refractivity contribution is 7.90. The van der Waals surface area contributed by atoms with E-state index in [2.05, 4.69) is 14.7 Å². The summed E-state index contributed by atoms with van der Waals surface area (Å²) in [6.45, 7) is 0.809. The van der Waals surface area contributed by atoms with Crippen molar-refractivity contribution in [2.24, 2.45) is 4.40 Å². The molecule has 1 aliphatic rings. The molecular weight excluding hydrogens is 420 g/mol. The van der Waals surface area contributed by atoms with Gasteiger partial charge in [0.1, 0.15) is 10.8 Å². The monoisotopic (exact) mass is 440 g/mol. The Morgan fingerprint density at radius 3 is 2.67 bits per heavy atom. The number of fused-ring (bicyclic) bond motifs is 1. The van der Waals surface area contributed by atoms with Crippen molar-refractivity contribution in [2.45, 2.75) is 17.7 Å². The number of carbonyl (C=O) groups excluding carboxylic acids is 1. The first-order chi connectivity index (χ1) is 14.4. The van der Waals surface area contributed by atoms with Crippen molar-refractivity contribution < 1.29 is 13.2 Å². The normalized spacial score (nSPS) is 16.0. The molecule has 1 saturated heterocycles. The highest BCUT2D eigenvalue weighted by Gasteiger charge is 2.20. The summed E-state index contributed by atoms with van der Waals surface area (Å²) in [6, 6.07) is 13.8. The number of nitrogens with one attached hydrogen (secondary N) is 1. The Hall–Kier alpha value is -3.04. The summed E-state index contributed by atoms with van der Waals surface area (Å²) in [6.07, 6.45) is 4.63. The zero-order valence-electron chi connectivity index (χ0n) is 16.3. The second-order valence-corrected chi connectivity index (χ2v) is 9.54. The van der Waals surface area contributed by atoms with Gasteiger partial charge in [-0.25, -0.2) is 4.98 Å². The first-order valence-electron chi connectivity index (χ1n) is 9.40. The Labute approximate surface area is 178 Å². The molecule has 2 aromatic carbocycles. The zero-order valence-corrected chi connectivity index (χ0v) is 17.9. The predicted molar refractivity (Wildman–Crippen MR) is 120 cm³/mol. The van der Waals surface area contributed by atoms with Gasteiger partial charge in [-0.3, -0.25) is 4.79 Å². The van der Waals surface area contributed by atoms with Gasteiger partial charge in [0.15, 0.2) is 0 Å². The lowest BCUT2D eigenvalue weighted by Gasteiger charge is -2.11. The van der Waals surface area contributed by atoms with Crippen LogP contribution in [0.4, 0.5) is 5.69 Å². The molecule has 0 saturated carbocycles. The van der Waals surface area contributed by atoms with E-state index >= 15 is 0 Å². The van der Waals surface area contributed by atoms with Crippen LogP contribution in [0.25, 0.3) is 16.3 Å². The summed E-state index contributed by atoms with van der Waals surface area (Å²) in [5, 5.41) is 3.46. The van der Waals surface area contributed by atoms with Gasteiger partial charge >= 0.3 is 0 Å². The molecule has 2 heterocycles. The molecule has 3 aromatic rings. The molecule has 0 aliphatic carbocycles. The smallest absolute Gasteiger partial charge is 0.283 e. The Balaban J connectivity index is 1.42. The van der Waals surface area contributed by atoms with E-state index in [1.807, 2.05) is 36.2 Å². The Morgan fingerprint density at radius 2 is 1.97 bits per heavy atom. The lowest BCUT2D eigenvalue weighted by molar-refractivity contribution is -0.111. The second kappa shape index (κ2) is 8.37. The fourth-order valence-corrected chi connectivity index (χ4v) is 5.07. The summed E-state index contributed by atoms with van der Waals surface area (Å²) in [5.74, 6) is 0.255. The maximum absolute atomic E-state index is 12.5. The molecule has 7 nitrogen and oxygen atoms in total. The number of carbonyl (C=O) groups is 1. The number of para-hydroxylation sites is 1. The van der Waals surface area contributed by atoms with Crippen LogP contribution in [0.15, 0.2) is 63.9 Å². The minimum atomic E-state index is -3.77. The van der Waals surface area contributed by atoms with Crippen LogP contribution in [0.5, 0.6) is 0 Å². The predicted octanol–water partition coefficient (Wildman–Crippen LogP) is 3.76. The molecule has 1 N–H and O–H groups in total. The van der Waals surface area contributed by atoms with Crippen molar-refractivity contribution in [2.75, 3.05) is 18.9 Å². The van der Waals surface area contributed by atoms with Gasteiger partial charge in [-0.2, -0.15) is 8.42 Å². The molecule has 1 aromatic heterocycles. The maximum atomic E-state index is 12.5. The van der Waals surface area contributed by atoms with Crippen LogP contribution in [0.2, 0.25) is 0 Å². The number of hydrogen-bond donors (Lipinski definition) is 1. The van der Waals surface area contributed by atoms with Crippen molar-refractivity contribution in [3.8, 4) is 0 Å². The van der Waals surface area contributed by atoms with Gasteiger partial charge in [0.05, 0.1) is 15.1 Å². The number of amidine groups is 1. The van der Waals surface area contributed by atoms with E-state index in [0.29, 0.717) is 17.9 Å². The maximum Gasteiger partial charge on any atom is 0.283 e. The molecule has 0 spiro atoms. The second-order valence-electron chi connectivity index (χ2n) is 6.87. The number of rotatable bonds is 5. The molecule has 0 bridgehead atoms. The number of sulfonamides is 1. The number of hydrogen-bond acceptors (Lipinski definition) is 5. The van der Waals surface area contributed by atoms with Crippen LogP contribution in [-0.4, -0.2) is 43.6 Å². The fourth-order valence-electron chi connectivity index (χ4n) is 3.10. The van der Waals surface area contributed by atoms with Crippen molar-refractivity contribution in [1.29, 1.82) is 0 Å². The van der Waals surface area contributed by atoms with E-state index < -0.39 is 10.0 Å². The van der Waals surface area contributed by atoms with E-state index in [-0.39, 0.29) is 10.8 Å². The van der Waals surface area contributed by atoms with Crippen molar-refractivity contribution in [1.82, 2.24) is 9.88 Å². The molecule has 4 rings (SSSR count). The molecule has 0 atom stereocenters. The first-order valence-corrected chi connectivity index (χ1v) is 11.7. The number of amides is 1. The molecule has 1 amide bonds. The van der Waals surface area contributed by atoms with E-state index in [1.165, 1.54) is 29.5 Å². The van der Waals surface area contributed by atoms with E-state index in [4.69, 9.17) is 0 Å². The van der Waals surface area contributed by atoms with Crippen LogP contribution in [-0.2, 0) is 14.8 Å². The number of thiazole rings is 1. The van der Waals surface area contributed by atoms with Crippen LogP contribution in [0, 0.1) is 0 Å². The van der Waals surface area contributed by atoms with Crippen LogP contribution < -0.4 is 5.32 Å². The third-order valence-electron chi connectivity index (χ3n) is 4.67. The van der Waals surface area contributed by atoms with Crippen LogP contribution >= 0.6 is 11.3 Å². The van der Waals surface area contributed by atoms with Crippen LogP contribution in [0.3, 0.4) is 0 Å². The zero-order chi connectivity index (χ0) is 21.1. The molecule has 1 fully saturated rings. The van der Waals surface area contributed by atoms with Gasteiger partial charge in [-0.1, -0.05) is 12.1 Å². The van der Waals surface area contributed by atoms with E-state index in [9.17, 15) is 13.2 Å². The van der Waals surface area contributed by atoms with Crippen molar-refractivity contribution >= 4 is 55.1 Å². The van der Waals surface area contributed by atoms with Gasteiger partial charge in [0.2, 0.25) is 5.91 Å². The first kappa shape index (κ1) is 20.2. The Morgan fingerprint density at radius 1 is 1.20 bits per heavy atom. The minimum absolute atomic E-state index is 0.0957. The number of anilines is 1. The molecule has 9 heteroatoms. The fraction of sp³-hybridized carbons (Fsp3) is 0.190. The van der Waals surface area contributed by atoms with Gasteiger partial charge in [-0.05, 0) is 48.9 Å². The van der Waals surface area contributed by atoms with Gasteiger partial charge < -0.3 is 10.2 Å². The number of aromatic nitrogens is 1. The summed E-state index contributed by atoms with van der Waals surface area (Å²) >= 11 is 1.50. The third kappa shape index (κ3) is 4.58. The van der Waals surface area contributed by atoms with Gasteiger partial charge in [0.25, 0.3) is 10.0 Å². The van der Waals surface area contributed by atoms with Gasteiger partial charge in [0, 0.05) is 31.8 Å². The molecule has 0 unspecified atom stereocenters. The largest absolute Gasteiger partial charge is 0.362 e. The third-order valence-corrected chi connectivity index (χ3v) is 6.99. The molecular formula is C21H20N4O3S2. The number of nitrogens with zero attached hydrogens (tertiary/aromatic N) is 3. The highest BCUT2D eigenvalue weighted by atomic mass is 32.2. The lowest BCUT2D eigenvalue weighted by atomic mass is 10.3. The Bertz CT molecular complexity index is 1210. The molecule has 30 heavy (non-hydrogen) atoms. The van der Waals surface area contributed by atoms with E-state index in [0.717, 1.165) is 28.2 Å². The number of benzene rings is 2. The average molecular weight is 441 g/mol. The SMILES string of the molecule is CN1CCCC1=NS(=O)(=O)c1ccc(NC(=O)C=Cc2nc3ccccc3s2)cc1. The topological polar surface area (TPSA) is 91.7 Å². The highest BCUT2D eigenvalue weighted by Crippen LogP contribution is 2.23. The van der Waals surface area contributed by atoms with Crippen LogP contribution in [0.1, 0.15) is 17.8 Å². The summed E-state index contributed by atoms with van der Waals surface area (Å²) in [5.41, 5.74) is 1.39. The summed E-state index contributed by atoms with van der Waals surface area (Å²) in [4.78, 5) is 18.6. The number of likely N-dealkylation sites (tertiary alicyclic amines) is 1. The van der Waals surface area contributed by atoms with Crippen molar-refractivity contribution in [3.63, 3.8) is 0 Å². The standard InChI is InChI=1S/C21H20N4O3S2/c1-25-14-4-7-19(25)24-30(27,28)16-10-8-15(9-11-16)22-20(26)12-13-21-23-17-5-2-3-6-18(17)29-21/h2-3,5-6,8-13H,4,7,14H2,1H3,(H,22,26). The lowest BCUT2D eigenvalue weighted by Crippen LogP contribution is -2.20. The Kier molecular flexibility index (Phi) is 5.65. The molecule has 0 radical (unpaired) electrons. The summed E-state index contributed by atoms with van der Waals surface area (Å²) in [7, 11) is -1.93. The van der Waals surface area contributed by atoms with Crippen molar-refractivity contribution in [3.05, 3.63) is 59.6 Å². The quantitative estimate of drug-likeness (QED) is 0.610. The van der Waals surface area contributed by atoms with E-state index in [1.54, 1.807) is 18.2 Å². The molecule has 1 aliphatic heterocycles. The summed E-state index contributed by atoms with van der Waals surface area (Å²) < 4.78 is 30.0. The average Bonchev–Trinajstić information content (AvgIpc) is 3.32. The van der Waals surface area contributed by atoms with Gasteiger partial charge in [-0.15, -0.1) is 15.7 Å².